The first-order valence-corrected chi connectivity index (χ1v) is 8.33. The number of hydrogen-bond donors (Lipinski definition) is 0. The van der Waals surface area contributed by atoms with E-state index < -0.39 is 5.97 Å². The maximum absolute atomic E-state index is 11.5. The molecule has 6 nitrogen and oxygen atoms in total. The number of esters is 1. The third kappa shape index (κ3) is 4.18. The van der Waals surface area contributed by atoms with Gasteiger partial charge in [-0.05, 0) is 58.4 Å². The zero-order chi connectivity index (χ0) is 17.8. The molecule has 128 valence electrons. The van der Waals surface area contributed by atoms with Gasteiger partial charge in [0.2, 0.25) is 5.82 Å². The van der Waals surface area contributed by atoms with Gasteiger partial charge in [-0.2, -0.15) is 4.98 Å². The van der Waals surface area contributed by atoms with Crippen molar-refractivity contribution < 1.29 is 18.8 Å². The SMILES string of the molecule is COC(=O)c1ccc(OCc2noc(-c3ccc(Cl)cc3)n2)c(Br)c1. The molecule has 0 N–H and O–H groups in total. The number of rotatable bonds is 5. The molecule has 1 aromatic heterocycles. The summed E-state index contributed by atoms with van der Waals surface area (Å²) < 4.78 is 16.2. The molecule has 8 heteroatoms. The van der Waals surface area contributed by atoms with E-state index in [1.165, 1.54) is 7.11 Å². The van der Waals surface area contributed by atoms with E-state index in [1.807, 2.05) is 0 Å². The van der Waals surface area contributed by atoms with E-state index in [1.54, 1.807) is 42.5 Å². The largest absolute Gasteiger partial charge is 0.484 e. The van der Waals surface area contributed by atoms with Gasteiger partial charge in [0.15, 0.2) is 6.61 Å². The highest BCUT2D eigenvalue weighted by Crippen LogP contribution is 2.27. The zero-order valence-electron chi connectivity index (χ0n) is 13.0. The first kappa shape index (κ1) is 17.4. The van der Waals surface area contributed by atoms with Crippen molar-refractivity contribution in [3.05, 3.63) is 63.3 Å². The van der Waals surface area contributed by atoms with Crippen LogP contribution in [0.4, 0.5) is 0 Å². The van der Waals surface area contributed by atoms with Crippen molar-refractivity contribution in [2.45, 2.75) is 6.61 Å². The lowest BCUT2D eigenvalue weighted by Gasteiger charge is -2.07. The normalized spacial score (nSPS) is 10.5. The number of carbonyl (C=O) groups excluding carboxylic acids is 1. The van der Waals surface area contributed by atoms with Crippen LogP contribution in [0.1, 0.15) is 16.2 Å². The van der Waals surface area contributed by atoms with E-state index in [0.29, 0.717) is 32.5 Å². The van der Waals surface area contributed by atoms with E-state index in [-0.39, 0.29) is 6.61 Å². The molecule has 0 bridgehead atoms. The van der Waals surface area contributed by atoms with Gasteiger partial charge in [0, 0.05) is 10.6 Å². The van der Waals surface area contributed by atoms with E-state index in [4.69, 9.17) is 20.9 Å². The third-order valence-corrected chi connectivity index (χ3v) is 4.14. The highest BCUT2D eigenvalue weighted by Gasteiger charge is 2.12. The van der Waals surface area contributed by atoms with Crippen molar-refractivity contribution in [1.29, 1.82) is 0 Å². The second-order valence-electron chi connectivity index (χ2n) is 4.95. The third-order valence-electron chi connectivity index (χ3n) is 3.27. The topological polar surface area (TPSA) is 74.5 Å². The Morgan fingerprint density at radius 2 is 2.00 bits per heavy atom. The summed E-state index contributed by atoms with van der Waals surface area (Å²) in [6.45, 7) is 0.118. The molecular formula is C17H12BrClN2O4. The molecule has 0 saturated carbocycles. The molecule has 3 rings (SSSR count). The Kier molecular flexibility index (Phi) is 5.35. The fraction of sp³-hybridized carbons (Fsp3) is 0.118. The molecule has 3 aromatic rings. The first-order chi connectivity index (χ1) is 12.1. The Morgan fingerprint density at radius 1 is 1.24 bits per heavy atom. The van der Waals surface area contributed by atoms with Gasteiger partial charge in [0.25, 0.3) is 5.89 Å². The van der Waals surface area contributed by atoms with Gasteiger partial charge in [-0.3, -0.25) is 0 Å². The van der Waals surface area contributed by atoms with Crippen molar-refractivity contribution >= 4 is 33.5 Å². The highest BCUT2D eigenvalue weighted by atomic mass is 79.9. The quantitative estimate of drug-likeness (QED) is 0.562. The van der Waals surface area contributed by atoms with Crippen molar-refractivity contribution in [3.63, 3.8) is 0 Å². The number of methoxy groups -OCH3 is 1. The summed E-state index contributed by atoms with van der Waals surface area (Å²) >= 11 is 9.21. The van der Waals surface area contributed by atoms with Crippen LogP contribution in [0.2, 0.25) is 5.02 Å². The number of ether oxygens (including phenoxy) is 2. The lowest BCUT2D eigenvalue weighted by atomic mass is 10.2. The maximum atomic E-state index is 11.5. The zero-order valence-corrected chi connectivity index (χ0v) is 15.4. The van der Waals surface area contributed by atoms with Crippen LogP contribution >= 0.6 is 27.5 Å². The lowest BCUT2D eigenvalue weighted by Crippen LogP contribution is -2.02. The van der Waals surface area contributed by atoms with E-state index in [9.17, 15) is 4.79 Å². The summed E-state index contributed by atoms with van der Waals surface area (Å²) in [7, 11) is 1.33. The second-order valence-corrected chi connectivity index (χ2v) is 6.24. The van der Waals surface area contributed by atoms with Crippen LogP contribution in [-0.4, -0.2) is 23.2 Å². The van der Waals surface area contributed by atoms with E-state index in [2.05, 4.69) is 30.8 Å². The average Bonchev–Trinajstić information content (AvgIpc) is 3.09. The number of hydrogen-bond acceptors (Lipinski definition) is 6. The van der Waals surface area contributed by atoms with Gasteiger partial charge in [-0.1, -0.05) is 16.8 Å². The molecule has 0 atom stereocenters. The molecule has 0 fully saturated rings. The number of nitrogens with zero attached hydrogens (tertiary/aromatic N) is 2. The van der Waals surface area contributed by atoms with Crippen molar-refractivity contribution in [2.24, 2.45) is 0 Å². The van der Waals surface area contributed by atoms with E-state index >= 15 is 0 Å². The summed E-state index contributed by atoms with van der Waals surface area (Å²) in [6.07, 6.45) is 0. The number of halogens is 2. The van der Waals surface area contributed by atoms with Gasteiger partial charge >= 0.3 is 5.97 Å². The standard InChI is InChI=1S/C17H12BrClN2O4/c1-23-17(22)11-4-7-14(13(18)8-11)24-9-15-20-16(25-21-15)10-2-5-12(19)6-3-10/h2-8H,9H2,1H3. The lowest BCUT2D eigenvalue weighted by molar-refractivity contribution is 0.0600. The van der Waals surface area contributed by atoms with Gasteiger partial charge in [0.1, 0.15) is 5.75 Å². The average molecular weight is 424 g/mol. The highest BCUT2D eigenvalue weighted by molar-refractivity contribution is 9.10. The summed E-state index contributed by atoms with van der Waals surface area (Å²) in [5.74, 6) is 0.910. The van der Waals surface area contributed by atoms with Gasteiger partial charge in [0.05, 0.1) is 17.1 Å². The Morgan fingerprint density at radius 3 is 2.68 bits per heavy atom. The van der Waals surface area contributed by atoms with Gasteiger partial charge < -0.3 is 14.0 Å². The Balaban J connectivity index is 1.68. The minimum Gasteiger partial charge on any atom is -0.484 e. The van der Waals surface area contributed by atoms with Gasteiger partial charge in [-0.25, -0.2) is 4.79 Å². The monoisotopic (exact) mass is 422 g/mol. The summed E-state index contributed by atoms with van der Waals surface area (Å²) in [4.78, 5) is 15.8. The van der Waals surface area contributed by atoms with Crippen LogP contribution < -0.4 is 4.74 Å². The molecule has 0 aliphatic carbocycles. The molecule has 0 spiro atoms. The molecule has 25 heavy (non-hydrogen) atoms. The molecule has 2 aromatic carbocycles. The number of carbonyl (C=O) groups is 1. The molecule has 0 unspecified atom stereocenters. The van der Waals surface area contributed by atoms with Crippen molar-refractivity contribution in [3.8, 4) is 17.2 Å². The molecule has 0 aliphatic rings. The summed E-state index contributed by atoms with van der Waals surface area (Å²) in [5.41, 5.74) is 1.19. The second kappa shape index (κ2) is 7.67. The van der Waals surface area contributed by atoms with Crippen LogP contribution in [0.15, 0.2) is 51.5 Å². The number of aromatic nitrogens is 2. The fourth-order valence-electron chi connectivity index (χ4n) is 2.03. The Labute approximate surface area is 156 Å². The molecule has 0 amide bonds. The van der Waals surface area contributed by atoms with Gasteiger partial charge in [-0.15, -0.1) is 0 Å². The fourth-order valence-corrected chi connectivity index (χ4v) is 2.65. The smallest absolute Gasteiger partial charge is 0.337 e. The first-order valence-electron chi connectivity index (χ1n) is 7.16. The molecule has 1 heterocycles. The molecule has 0 aliphatic heterocycles. The van der Waals surface area contributed by atoms with Crippen LogP contribution in [0, 0.1) is 0 Å². The minimum absolute atomic E-state index is 0.118. The minimum atomic E-state index is -0.418. The number of benzene rings is 2. The van der Waals surface area contributed by atoms with Crippen molar-refractivity contribution in [1.82, 2.24) is 10.1 Å². The van der Waals surface area contributed by atoms with Crippen LogP contribution in [0.25, 0.3) is 11.5 Å². The predicted molar refractivity (Wildman–Crippen MR) is 94.6 cm³/mol. The Hall–Kier alpha value is -2.38. The molecule has 0 radical (unpaired) electrons. The molecule has 0 saturated heterocycles. The predicted octanol–water partition coefficient (Wildman–Crippen LogP) is 4.52. The summed E-state index contributed by atoms with van der Waals surface area (Å²) in [6, 6.07) is 12.0. The molecular weight excluding hydrogens is 412 g/mol. The summed E-state index contributed by atoms with van der Waals surface area (Å²) in [5, 5.41) is 4.52. The van der Waals surface area contributed by atoms with Crippen molar-refractivity contribution in [2.75, 3.05) is 7.11 Å². The van der Waals surface area contributed by atoms with Crippen LogP contribution in [0.5, 0.6) is 5.75 Å². The van der Waals surface area contributed by atoms with Crippen LogP contribution in [0.3, 0.4) is 0 Å². The van der Waals surface area contributed by atoms with E-state index in [0.717, 1.165) is 5.56 Å². The maximum Gasteiger partial charge on any atom is 0.337 e. The Bertz CT molecular complexity index is 896. The van der Waals surface area contributed by atoms with Crippen LogP contribution in [-0.2, 0) is 11.3 Å².